The first-order valence-corrected chi connectivity index (χ1v) is 5.85. The van der Waals surface area contributed by atoms with Crippen molar-refractivity contribution < 1.29 is 9.21 Å². The predicted octanol–water partition coefficient (Wildman–Crippen LogP) is 2.53. The second kappa shape index (κ2) is 5.18. The molecule has 18 heavy (non-hydrogen) atoms. The van der Waals surface area contributed by atoms with Gasteiger partial charge in [0.05, 0.1) is 10.6 Å². The summed E-state index contributed by atoms with van der Waals surface area (Å²) in [5.41, 5.74) is 0.607. The van der Waals surface area contributed by atoms with E-state index in [1.807, 2.05) is 13.8 Å². The van der Waals surface area contributed by atoms with E-state index in [0.29, 0.717) is 10.6 Å². The van der Waals surface area contributed by atoms with Gasteiger partial charge in [0.1, 0.15) is 0 Å². The molecule has 0 atom stereocenters. The van der Waals surface area contributed by atoms with Gasteiger partial charge in [-0.3, -0.25) is 4.79 Å². The Kier molecular flexibility index (Phi) is 3.62. The summed E-state index contributed by atoms with van der Waals surface area (Å²) in [6.45, 7) is 3.70. The van der Waals surface area contributed by atoms with Gasteiger partial charge in [-0.25, -0.2) is 0 Å². The summed E-state index contributed by atoms with van der Waals surface area (Å²) in [5.74, 6) is -0.232. The number of amides is 1. The Bertz CT molecular complexity index is 566. The second-order valence-corrected chi connectivity index (χ2v) is 4.43. The first kappa shape index (κ1) is 12.6. The van der Waals surface area contributed by atoms with E-state index < -0.39 is 5.91 Å². The molecule has 0 aliphatic heterocycles. The number of hydrogen-bond acceptors (Lipinski definition) is 4. The molecule has 6 heteroatoms. The van der Waals surface area contributed by atoms with Gasteiger partial charge in [0.2, 0.25) is 5.89 Å². The minimum absolute atomic E-state index is 0.00756. The first-order valence-electron chi connectivity index (χ1n) is 5.47. The number of carbonyl (C=O) groups is 1. The van der Waals surface area contributed by atoms with Gasteiger partial charge in [-0.05, 0) is 26.0 Å². The topological polar surface area (TPSA) is 68.0 Å². The summed E-state index contributed by atoms with van der Waals surface area (Å²) in [7, 11) is 0. The summed E-state index contributed by atoms with van der Waals surface area (Å²) in [6.07, 6.45) is 0. The number of rotatable bonds is 3. The normalized spacial score (nSPS) is 10.7. The van der Waals surface area contributed by atoms with Crippen LogP contribution in [0, 0.1) is 0 Å². The minimum atomic E-state index is -0.393. The smallest absolute Gasteiger partial charge is 0.309 e. The molecule has 94 valence electrons. The highest BCUT2D eigenvalue weighted by Gasteiger charge is 2.17. The molecule has 0 saturated carbocycles. The molecule has 0 aliphatic carbocycles. The van der Waals surface area contributed by atoms with Gasteiger partial charge in [0, 0.05) is 6.04 Å². The molecule has 0 radical (unpaired) electrons. The average Bonchev–Trinajstić information content (AvgIpc) is 2.78. The van der Waals surface area contributed by atoms with Crippen molar-refractivity contribution in [2.45, 2.75) is 19.9 Å². The largest absolute Gasteiger partial charge is 0.412 e. The summed E-state index contributed by atoms with van der Waals surface area (Å²) < 4.78 is 5.29. The van der Waals surface area contributed by atoms with Crippen LogP contribution in [0.2, 0.25) is 5.02 Å². The van der Waals surface area contributed by atoms with Gasteiger partial charge in [-0.15, -0.1) is 10.2 Å². The predicted molar refractivity (Wildman–Crippen MR) is 67.3 cm³/mol. The monoisotopic (exact) mass is 265 g/mol. The maximum Gasteiger partial charge on any atom is 0.309 e. The first-order chi connectivity index (χ1) is 8.58. The molecule has 2 rings (SSSR count). The van der Waals surface area contributed by atoms with Crippen LogP contribution in [-0.4, -0.2) is 22.1 Å². The third kappa shape index (κ3) is 2.68. The van der Waals surface area contributed by atoms with Gasteiger partial charge in [-0.2, -0.15) is 0 Å². The molecule has 2 aromatic rings. The van der Waals surface area contributed by atoms with E-state index >= 15 is 0 Å². The van der Waals surface area contributed by atoms with E-state index in [9.17, 15) is 4.79 Å². The van der Waals surface area contributed by atoms with Crippen LogP contribution >= 0.6 is 11.6 Å². The third-order valence-corrected chi connectivity index (χ3v) is 2.47. The van der Waals surface area contributed by atoms with Crippen molar-refractivity contribution in [2.24, 2.45) is 0 Å². The van der Waals surface area contributed by atoms with Crippen LogP contribution in [0.4, 0.5) is 0 Å². The van der Waals surface area contributed by atoms with Crippen molar-refractivity contribution in [3.63, 3.8) is 0 Å². The van der Waals surface area contributed by atoms with Gasteiger partial charge in [-0.1, -0.05) is 23.7 Å². The molecule has 1 N–H and O–H groups in total. The summed E-state index contributed by atoms with van der Waals surface area (Å²) in [4.78, 5) is 11.6. The van der Waals surface area contributed by atoms with E-state index in [1.54, 1.807) is 24.3 Å². The number of hydrogen-bond donors (Lipinski definition) is 1. The second-order valence-electron chi connectivity index (χ2n) is 4.02. The zero-order valence-electron chi connectivity index (χ0n) is 9.98. The molecule has 0 saturated heterocycles. The number of nitrogens with zero attached hydrogens (tertiary/aromatic N) is 2. The van der Waals surface area contributed by atoms with Crippen molar-refractivity contribution in [3.8, 4) is 11.5 Å². The van der Waals surface area contributed by atoms with Gasteiger partial charge < -0.3 is 9.73 Å². The van der Waals surface area contributed by atoms with Crippen molar-refractivity contribution in [1.29, 1.82) is 0 Å². The van der Waals surface area contributed by atoms with Crippen LogP contribution in [0.1, 0.15) is 24.5 Å². The fourth-order valence-electron chi connectivity index (χ4n) is 1.38. The number of carbonyl (C=O) groups excluding carboxylic acids is 1. The van der Waals surface area contributed by atoms with Gasteiger partial charge >= 0.3 is 11.8 Å². The third-order valence-electron chi connectivity index (χ3n) is 2.14. The molecule has 1 aromatic carbocycles. The van der Waals surface area contributed by atoms with Crippen LogP contribution in [0.3, 0.4) is 0 Å². The lowest BCUT2D eigenvalue weighted by Gasteiger charge is -2.03. The van der Waals surface area contributed by atoms with Crippen molar-refractivity contribution in [2.75, 3.05) is 0 Å². The molecular weight excluding hydrogens is 254 g/mol. The number of aromatic nitrogens is 2. The van der Waals surface area contributed by atoms with Crippen LogP contribution in [0.25, 0.3) is 11.5 Å². The van der Waals surface area contributed by atoms with Crippen molar-refractivity contribution >= 4 is 17.5 Å². The Hall–Kier alpha value is -1.88. The van der Waals surface area contributed by atoms with Crippen LogP contribution < -0.4 is 5.32 Å². The number of benzene rings is 1. The van der Waals surface area contributed by atoms with E-state index in [0.717, 1.165) is 0 Å². The zero-order valence-corrected chi connectivity index (χ0v) is 10.7. The minimum Gasteiger partial charge on any atom is -0.412 e. The van der Waals surface area contributed by atoms with Crippen LogP contribution in [0.5, 0.6) is 0 Å². The van der Waals surface area contributed by atoms with Gasteiger partial charge in [0.15, 0.2) is 0 Å². The lowest BCUT2D eigenvalue weighted by molar-refractivity contribution is 0.0909. The molecule has 1 heterocycles. The fraction of sp³-hybridized carbons (Fsp3) is 0.250. The molecule has 0 unspecified atom stereocenters. The Morgan fingerprint density at radius 1 is 1.33 bits per heavy atom. The Labute approximate surface area is 109 Å². The van der Waals surface area contributed by atoms with E-state index in [2.05, 4.69) is 15.5 Å². The lowest BCUT2D eigenvalue weighted by atomic mass is 10.2. The molecule has 1 aromatic heterocycles. The molecule has 0 aliphatic rings. The summed E-state index contributed by atoms with van der Waals surface area (Å²) in [5, 5.41) is 10.7. The Balaban J connectivity index is 2.26. The quantitative estimate of drug-likeness (QED) is 0.926. The summed E-state index contributed by atoms with van der Waals surface area (Å²) in [6, 6.07) is 7.08. The molecule has 0 fully saturated rings. The van der Waals surface area contributed by atoms with Gasteiger partial charge in [0.25, 0.3) is 0 Å². The van der Waals surface area contributed by atoms with E-state index in [4.69, 9.17) is 16.0 Å². The number of halogens is 1. The molecule has 5 nitrogen and oxygen atoms in total. The molecular formula is C12H12ClN3O2. The highest BCUT2D eigenvalue weighted by atomic mass is 35.5. The fourth-order valence-corrected chi connectivity index (χ4v) is 1.60. The Morgan fingerprint density at radius 3 is 2.72 bits per heavy atom. The van der Waals surface area contributed by atoms with E-state index in [-0.39, 0.29) is 17.8 Å². The standard InChI is InChI=1S/C12H12ClN3O2/c1-7(2)14-10(17)12-16-15-11(18-12)8-5-3-4-6-9(8)13/h3-7H,1-2H3,(H,14,17). The maximum absolute atomic E-state index is 11.6. The number of nitrogens with one attached hydrogen (secondary N) is 1. The zero-order chi connectivity index (χ0) is 13.1. The summed E-state index contributed by atoms with van der Waals surface area (Å²) >= 11 is 6.00. The lowest BCUT2D eigenvalue weighted by Crippen LogP contribution is -2.30. The maximum atomic E-state index is 11.6. The Morgan fingerprint density at radius 2 is 2.06 bits per heavy atom. The van der Waals surface area contributed by atoms with Crippen molar-refractivity contribution in [1.82, 2.24) is 15.5 Å². The van der Waals surface area contributed by atoms with Crippen molar-refractivity contribution in [3.05, 3.63) is 35.2 Å². The average molecular weight is 266 g/mol. The highest BCUT2D eigenvalue weighted by Crippen LogP contribution is 2.26. The van der Waals surface area contributed by atoms with Crippen LogP contribution in [0.15, 0.2) is 28.7 Å². The SMILES string of the molecule is CC(C)NC(=O)c1nnc(-c2ccccc2Cl)o1. The van der Waals surface area contributed by atoms with E-state index in [1.165, 1.54) is 0 Å². The highest BCUT2D eigenvalue weighted by molar-refractivity contribution is 6.33. The van der Waals surface area contributed by atoms with Crippen LogP contribution in [-0.2, 0) is 0 Å². The molecule has 1 amide bonds. The molecule has 0 spiro atoms. The molecule has 0 bridgehead atoms.